The van der Waals surface area contributed by atoms with Crippen molar-refractivity contribution in [1.82, 2.24) is 29.6 Å². The lowest BCUT2D eigenvalue weighted by Crippen LogP contribution is -2.30. The molecule has 1 aliphatic carbocycles. The van der Waals surface area contributed by atoms with Gasteiger partial charge in [0, 0.05) is 32.4 Å². The van der Waals surface area contributed by atoms with E-state index in [1.165, 1.54) is 0 Å². The monoisotopic (exact) mass is 438 g/mol. The zero-order chi connectivity index (χ0) is 21.7. The van der Waals surface area contributed by atoms with Crippen LogP contribution in [0.5, 0.6) is 0 Å². The van der Waals surface area contributed by atoms with Gasteiger partial charge in [-0.2, -0.15) is 10.4 Å². The van der Waals surface area contributed by atoms with Crippen LogP contribution in [0.2, 0.25) is 5.02 Å². The van der Waals surface area contributed by atoms with Crippen LogP contribution < -0.4 is 5.32 Å². The molecular formula is C21H23ClN8O. The van der Waals surface area contributed by atoms with Gasteiger partial charge in [-0.15, -0.1) is 0 Å². The van der Waals surface area contributed by atoms with Crippen LogP contribution in [-0.4, -0.2) is 54.7 Å². The van der Waals surface area contributed by atoms with E-state index in [2.05, 4.69) is 25.4 Å². The Hall–Kier alpha value is -3.12. The molecule has 0 radical (unpaired) electrons. The molecule has 1 aliphatic heterocycles. The molecule has 3 aromatic rings. The second-order valence-electron chi connectivity index (χ2n) is 8.53. The Kier molecular flexibility index (Phi) is 4.82. The SMILES string of the molecule is Cc1nn(C)cc1-c1nc2ncc(Cl)c(NC3CC4CN(C(=O)CC#N)CC4C3)c2[nH]1. The summed E-state index contributed by atoms with van der Waals surface area (Å²) >= 11 is 6.52. The number of likely N-dealkylation sites (tertiary alicyclic amines) is 1. The number of carbonyl (C=O) groups is 1. The van der Waals surface area contributed by atoms with Crippen LogP contribution in [0, 0.1) is 30.1 Å². The molecule has 1 saturated heterocycles. The van der Waals surface area contributed by atoms with Crippen LogP contribution in [0.15, 0.2) is 12.4 Å². The van der Waals surface area contributed by atoms with Crippen molar-refractivity contribution in [3.63, 3.8) is 0 Å². The second kappa shape index (κ2) is 7.54. The van der Waals surface area contributed by atoms with E-state index in [1.807, 2.05) is 31.1 Å². The van der Waals surface area contributed by atoms with Gasteiger partial charge in [-0.1, -0.05) is 11.6 Å². The maximum absolute atomic E-state index is 12.0. The average Bonchev–Trinajstić information content (AvgIpc) is 3.46. The van der Waals surface area contributed by atoms with Crippen molar-refractivity contribution >= 4 is 34.4 Å². The summed E-state index contributed by atoms with van der Waals surface area (Å²) in [6.45, 7) is 3.42. The molecule has 2 aliphatic rings. The van der Waals surface area contributed by atoms with Crippen LogP contribution in [0.3, 0.4) is 0 Å². The lowest BCUT2D eigenvalue weighted by atomic mass is 10.0. The number of rotatable bonds is 4. The third-order valence-corrected chi connectivity index (χ3v) is 6.71. The van der Waals surface area contributed by atoms with E-state index >= 15 is 0 Å². The predicted octanol–water partition coefficient (Wildman–Crippen LogP) is 2.88. The topological polar surface area (TPSA) is 116 Å². The molecule has 3 aromatic heterocycles. The summed E-state index contributed by atoms with van der Waals surface area (Å²) in [4.78, 5) is 26.3. The molecule has 0 bridgehead atoms. The Morgan fingerprint density at radius 2 is 2.13 bits per heavy atom. The largest absolute Gasteiger partial charge is 0.379 e. The van der Waals surface area contributed by atoms with Gasteiger partial charge in [-0.3, -0.25) is 9.48 Å². The summed E-state index contributed by atoms with van der Waals surface area (Å²) < 4.78 is 1.76. The first-order chi connectivity index (χ1) is 14.9. The molecule has 1 saturated carbocycles. The third-order valence-electron chi connectivity index (χ3n) is 6.42. The normalized spacial score (nSPS) is 22.6. The van der Waals surface area contributed by atoms with E-state index < -0.39 is 0 Å². The smallest absolute Gasteiger partial charge is 0.236 e. The summed E-state index contributed by atoms with van der Waals surface area (Å²) in [5.74, 6) is 1.56. The molecule has 5 rings (SSSR count). The average molecular weight is 439 g/mol. The number of aryl methyl sites for hydroxylation is 2. The van der Waals surface area contributed by atoms with Crippen molar-refractivity contribution in [2.45, 2.75) is 32.2 Å². The highest BCUT2D eigenvalue weighted by molar-refractivity contribution is 6.34. The summed E-state index contributed by atoms with van der Waals surface area (Å²) in [6.07, 6.45) is 5.45. The summed E-state index contributed by atoms with van der Waals surface area (Å²) in [5, 5.41) is 17.3. The minimum Gasteiger partial charge on any atom is -0.379 e. The Balaban J connectivity index is 1.36. The van der Waals surface area contributed by atoms with Crippen molar-refractivity contribution in [2.24, 2.45) is 18.9 Å². The zero-order valence-electron chi connectivity index (χ0n) is 17.4. The predicted molar refractivity (Wildman–Crippen MR) is 116 cm³/mol. The number of hydrogen-bond donors (Lipinski definition) is 2. The maximum Gasteiger partial charge on any atom is 0.236 e. The fraction of sp³-hybridized carbons (Fsp3) is 0.476. The van der Waals surface area contributed by atoms with Crippen LogP contribution in [0.4, 0.5) is 5.69 Å². The number of anilines is 1. The van der Waals surface area contributed by atoms with Gasteiger partial charge in [0.15, 0.2) is 5.65 Å². The van der Waals surface area contributed by atoms with Gasteiger partial charge in [-0.05, 0) is 31.6 Å². The zero-order valence-corrected chi connectivity index (χ0v) is 18.1. The first-order valence-electron chi connectivity index (χ1n) is 10.4. The number of H-pyrrole nitrogens is 1. The van der Waals surface area contributed by atoms with Crippen LogP contribution in [0.1, 0.15) is 25.0 Å². The van der Waals surface area contributed by atoms with Crippen molar-refractivity contribution in [1.29, 1.82) is 5.26 Å². The minimum absolute atomic E-state index is 0.0374. The number of pyridine rings is 1. The molecule has 4 heterocycles. The fourth-order valence-corrected chi connectivity index (χ4v) is 5.24. The number of carbonyl (C=O) groups excluding carboxylic acids is 1. The number of aromatic amines is 1. The van der Waals surface area contributed by atoms with E-state index in [0.717, 1.165) is 48.4 Å². The Morgan fingerprint density at radius 1 is 1.39 bits per heavy atom. The van der Waals surface area contributed by atoms with Crippen molar-refractivity contribution < 1.29 is 4.79 Å². The Labute approximate surface area is 184 Å². The molecule has 2 unspecified atom stereocenters. The number of hydrogen-bond acceptors (Lipinski definition) is 6. The Morgan fingerprint density at radius 3 is 2.77 bits per heavy atom. The summed E-state index contributed by atoms with van der Waals surface area (Å²) in [7, 11) is 1.88. The number of amides is 1. The van der Waals surface area contributed by atoms with Gasteiger partial charge < -0.3 is 15.2 Å². The van der Waals surface area contributed by atoms with Gasteiger partial charge in [0.2, 0.25) is 5.91 Å². The van der Waals surface area contributed by atoms with Crippen molar-refractivity contribution in [3.8, 4) is 17.5 Å². The van der Waals surface area contributed by atoms with Gasteiger partial charge in [0.25, 0.3) is 0 Å². The lowest BCUT2D eigenvalue weighted by molar-refractivity contribution is -0.129. The molecule has 160 valence electrons. The number of nitriles is 1. The van der Waals surface area contributed by atoms with Gasteiger partial charge >= 0.3 is 0 Å². The molecular weight excluding hydrogens is 416 g/mol. The molecule has 1 amide bonds. The lowest BCUT2D eigenvalue weighted by Gasteiger charge is -2.20. The number of nitrogens with zero attached hydrogens (tertiary/aromatic N) is 6. The highest BCUT2D eigenvalue weighted by Crippen LogP contribution is 2.41. The summed E-state index contributed by atoms with van der Waals surface area (Å²) in [6, 6.07) is 2.22. The molecule has 10 heteroatoms. The van der Waals surface area contributed by atoms with Gasteiger partial charge in [0.05, 0.1) is 34.2 Å². The van der Waals surface area contributed by atoms with E-state index in [9.17, 15) is 4.79 Å². The highest BCUT2D eigenvalue weighted by Gasteiger charge is 2.42. The number of aromatic nitrogens is 5. The minimum atomic E-state index is -0.0593. The molecule has 2 N–H and O–H groups in total. The van der Waals surface area contributed by atoms with Crippen molar-refractivity contribution in [2.75, 3.05) is 18.4 Å². The Bertz CT molecular complexity index is 1190. The van der Waals surface area contributed by atoms with E-state index in [0.29, 0.717) is 28.3 Å². The molecule has 2 atom stereocenters. The van der Waals surface area contributed by atoms with Crippen LogP contribution >= 0.6 is 11.6 Å². The molecule has 0 aromatic carbocycles. The van der Waals surface area contributed by atoms with E-state index in [-0.39, 0.29) is 18.4 Å². The van der Waals surface area contributed by atoms with Gasteiger partial charge in [-0.25, -0.2) is 9.97 Å². The van der Waals surface area contributed by atoms with Crippen molar-refractivity contribution in [3.05, 3.63) is 23.1 Å². The number of imidazole rings is 1. The summed E-state index contributed by atoms with van der Waals surface area (Å²) in [5.41, 5.74) is 4.03. The first kappa shape index (κ1) is 19.8. The maximum atomic E-state index is 12.0. The molecule has 0 spiro atoms. The van der Waals surface area contributed by atoms with E-state index in [4.69, 9.17) is 16.9 Å². The van der Waals surface area contributed by atoms with Gasteiger partial charge in [0.1, 0.15) is 17.8 Å². The van der Waals surface area contributed by atoms with Crippen LogP contribution in [-0.2, 0) is 11.8 Å². The van der Waals surface area contributed by atoms with E-state index in [1.54, 1.807) is 10.9 Å². The second-order valence-corrected chi connectivity index (χ2v) is 8.94. The number of fused-ring (bicyclic) bond motifs is 2. The quantitative estimate of drug-likeness (QED) is 0.647. The highest BCUT2D eigenvalue weighted by atomic mass is 35.5. The first-order valence-corrected chi connectivity index (χ1v) is 10.8. The third kappa shape index (κ3) is 3.51. The fourth-order valence-electron chi connectivity index (χ4n) is 5.04. The van der Waals surface area contributed by atoms with Crippen LogP contribution in [0.25, 0.3) is 22.6 Å². The molecule has 31 heavy (non-hydrogen) atoms. The number of nitrogens with one attached hydrogen (secondary N) is 2. The molecule has 2 fully saturated rings. The number of halogens is 1. The molecule has 9 nitrogen and oxygen atoms in total. The standard InChI is InChI=1S/C21H23ClN8O/c1-11-15(10-29(2)28-11)20-26-19-18(16(22)7-24-21(19)27-20)25-14-5-12-8-30(9-13(12)6-14)17(31)3-4-23/h7,10,12-14H,3,5-6,8-9H2,1-2H3,(H2,24,25,26,27).